The number of nitrogens with zero attached hydrogens (tertiary/aromatic N) is 6. The lowest BCUT2D eigenvalue weighted by Gasteiger charge is -2.38. The Bertz CT molecular complexity index is 3540. The number of hydrogen-bond donors (Lipinski definition) is 12. The van der Waals surface area contributed by atoms with Crippen molar-refractivity contribution in [3.63, 3.8) is 0 Å². The van der Waals surface area contributed by atoms with Crippen LogP contribution in [0.1, 0.15) is 79.3 Å². The van der Waals surface area contributed by atoms with Crippen LogP contribution >= 0.6 is 34.8 Å². The lowest BCUT2D eigenvalue weighted by molar-refractivity contribution is -0.142. The van der Waals surface area contributed by atoms with E-state index in [1.807, 2.05) is 68.1 Å². The molecule has 580 valence electrons. The predicted octanol–water partition coefficient (Wildman–Crippen LogP) is -1.06. The van der Waals surface area contributed by atoms with Crippen LogP contribution in [0.2, 0.25) is 0 Å². The Balaban J connectivity index is 0.919. The third-order valence-electron chi connectivity index (χ3n) is 17.3. The van der Waals surface area contributed by atoms with Crippen LogP contribution in [0.15, 0.2) is 79.0 Å². The van der Waals surface area contributed by atoms with E-state index in [1.54, 1.807) is 29.2 Å². The number of ether oxygens (including phenoxy) is 4. The monoisotopic (exact) mass is 1610 g/mol. The molecule has 10 amide bonds. The Morgan fingerprint density at radius 2 is 1.16 bits per heavy atom. The largest absolute Gasteiger partial charge is 0.484 e. The highest BCUT2D eigenvalue weighted by Gasteiger charge is 2.29. The number of unbranched alkanes of at least 4 members (excludes halogenated alkanes) is 2. The minimum atomic E-state index is -1.27. The second kappa shape index (κ2) is 47.7. The summed E-state index contributed by atoms with van der Waals surface area (Å²) in [6, 6.07) is 18.8. The van der Waals surface area contributed by atoms with Gasteiger partial charge >= 0.3 is 5.97 Å². The van der Waals surface area contributed by atoms with Crippen LogP contribution in [-0.2, 0) is 75.0 Å². The van der Waals surface area contributed by atoms with Crippen molar-refractivity contribution in [3.8, 4) is 5.75 Å². The fourth-order valence-electron chi connectivity index (χ4n) is 11.8. The zero-order valence-corrected chi connectivity index (χ0v) is 62.8. The van der Waals surface area contributed by atoms with Crippen molar-refractivity contribution in [3.05, 3.63) is 99.3 Å². The third-order valence-corrected chi connectivity index (χ3v) is 18.3. The van der Waals surface area contributed by atoms with Gasteiger partial charge in [-0.15, -0.1) is 0 Å². The Hall–Kier alpha value is -8.82. The molecule has 2 aliphatic heterocycles. The number of nitrogens with two attached hydrogens (primary N) is 4. The van der Waals surface area contributed by atoms with Gasteiger partial charge in [0.05, 0.1) is 89.9 Å². The number of primary amides is 4. The Labute approximate surface area is 635 Å². The first-order valence-electron chi connectivity index (χ1n) is 35.6. The molecule has 4 aromatic rings. The van der Waals surface area contributed by atoms with Gasteiger partial charge in [-0.25, -0.2) is 4.79 Å². The van der Waals surface area contributed by atoms with Gasteiger partial charge in [0.15, 0.2) is 11.7 Å². The highest BCUT2D eigenvalue weighted by atomic mass is 127. The molecular weight excluding hydrogens is 1510 g/mol. The number of halogens is 1. The number of thiocarbonyl (C=S) groups is 1. The number of rotatable bonds is 45. The van der Waals surface area contributed by atoms with E-state index in [0.29, 0.717) is 137 Å². The van der Waals surface area contributed by atoms with Crippen molar-refractivity contribution in [2.45, 2.75) is 88.8 Å². The number of carbonyl (C=O) groups excluding carboxylic acids is 10. The molecule has 0 saturated carbocycles. The van der Waals surface area contributed by atoms with Crippen LogP contribution in [0.4, 0.5) is 5.69 Å². The number of amides is 10. The van der Waals surface area contributed by atoms with Gasteiger partial charge in [0.2, 0.25) is 47.3 Å². The second-order valence-electron chi connectivity index (χ2n) is 25.8. The molecule has 33 nitrogen and oxygen atoms in total. The number of aliphatic carboxylic acids is 1. The van der Waals surface area contributed by atoms with Crippen LogP contribution in [0.25, 0.3) is 10.9 Å². The van der Waals surface area contributed by atoms with Crippen molar-refractivity contribution in [1.29, 1.82) is 0 Å². The van der Waals surface area contributed by atoms with Crippen molar-refractivity contribution in [2.75, 3.05) is 163 Å². The van der Waals surface area contributed by atoms with Gasteiger partial charge in [-0.2, -0.15) is 0 Å². The first-order chi connectivity index (χ1) is 51.0. The van der Waals surface area contributed by atoms with Crippen molar-refractivity contribution in [2.24, 2.45) is 22.9 Å². The standard InChI is InChI=1S/C71H102IN17O16S/c72-51-13-9-50(10-14-51)40-65(95)78-21-3-2-8-58(70(100)101)84-69(99)57(83-64(94)20-33-102-35-37-104-38-36-103-34-24-79-66(96)48-105-54-17-18-55-56(19-23-77-59(55)41-54)68(98)81-42-67(97)88-25-5-6-26-88)7-1-4-22-80-71(106)82-52-15-11-49(12-16-52)39-53-43-87(46-62(75)92)30-29-85(44-60(73)90)27-28-86(45-61(74)91)31-32-89(53)47-63(76)93/h9-19,23,41,53,57-58H,1-8,20-22,24-40,42-48H2,(H2,73,90)(H2,74,91)(H2,75,92)(H2,76,93)(H,78,95)(H,79,96)(H,81,98)(H,83,94)(H,84,99)(H,100,101)(H2,80,82,106)/t53?,57-,58-/m0/s1. The Kier molecular flexibility index (Phi) is 38.7. The second-order valence-corrected chi connectivity index (χ2v) is 27.4. The Morgan fingerprint density at radius 1 is 0.585 bits per heavy atom. The molecule has 35 heteroatoms. The van der Waals surface area contributed by atoms with Gasteiger partial charge in [0, 0.05) is 118 Å². The fraction of sp³-hybridized carbons (Fsp3) is 0.535. The van der Waals surface area contributed by atoms with Crippen molar-refractivity contribution in [1.82, 2.24) is 61.4 Å². The molecule has 0 spiro atoms. The zero-order chi connectivity index (χ0) is 76.6. The van der Waals surface area contributed by atoms with Crippen LogP contribution in [0.5, 0.6) is 5.75 Å². The van der Waals surface area contributed by atoms with E-state index in [1.165, 1.54) is 6.20 Å². The molecule has 0 radical (unpaired) electrons. The zero-order valence-electron chi connectivity index (χ0n) is 59.8. The summed E-state index contributed by atoms with van der Waals surface area (Å²) in [7, 11) is 0. The number of carboxylic acids is 1. The highest BCUT2D eigenvalue weighted by Crippen LogP contribution is 2.23. The average molecular weight is 1610 g/mol. The Morgan fingerprint density at radius 3 is 1.80 bits per heavy atom. The first-order valence-corrected chi connectivity index (χ1v) is 37.0. The van der Waals surface area contributed by atoms with E-state index in [4.69, 9.17) is 54.1 Å². The molecule has 16 N–H and O–H groups in total. The summed E-state index contributed by atoms with van der Waals surface area (Å²) in [5, 5.41) is 31.0. The van der Waals surface area contributed by atoms with Crippen molar-refractivity contribution < 1.29 is 76.8 Å². The number of carboxylic acid groups (broad SMARTS) is 1. The molecule has 0 aliphatic carbocycles. The number of nitrogens with one attached hydrogen (secondary N) is 7. The van der Waals surface area contributed by atoms with Gasteiger partial charge in [-0.3, -0.25) is 72.5 Å². The number of likely N-dealkylation sites (tertiary alicyclic amines) is 1. The maximum Gasteiger partial charge on any atom is 0.326 e. The molecular formula is C71H102IN17O16S. The smallest absolute Gasteiger partial charge is 0.326 e. The van der Waals surface area contributed by atoms with Crippen LogP contribution in [0.3, 0.4) is 0 Å². The molecule has 1 aromatic heterocycles. The molecule has 2 aliphatic rings. The number of hydrogen-bond acceptors (Lipinski definition) is 21. The average Bonchev–Trinajstić information content (AvgIpc) is 0.900. The first kappa shape index (κ1) is 86.1. The summed E-state index contributed by atoms with van der Waals surface area (Å²) >= 11 is 7.82. The highest BCUT2D eigenvalue weighted by molar-refractivity contribution is 14.1. The summed E-state index contributed by atoms with van der Waals surface area (Å²) in [5.41, 5.74) is 25.9. The molecule has 2 fully saturated rings. The number of benzene rings is 3. The summed E-state index contributed by atoms with van der Waals surface area (Å²) in [4.78, 5) is 153. The van der Waals surface area contributed by atoms with Gasteiger partial charge in [-0.05, 0) is 146 Å². The molecule has 106 heavy (non-hydrogen) atoms. The normalized spacial score (nSPS) is 15.4. The molecule has 6 rings (SSSR count). The number of pyridine rings is 1. The van der Waals surface area contributed by atoms with E-state index in [9.17, 15) is 57.8 Å². The van der Waals surface area contributed by atoms with E-state index in [0.717, 1.165) is 27.5 Å². The number of anilines is 1. The molecule has 3 aromatic carbocycles. The quantitative estimate of drug-likeness (QED) is 0.0143. The van der Waals surface area contributed by atoms with Crippen molar-refractivity contribution >= 4 is 122 Å². The lowest BCUT2D eigenvalue weighted by atomic mass is 10.0. The molecule has 3 heterocycles. The fourth-order valence-corrected chi connectivity index (χ4v) is 12.4. The maximum atomic E-state index is 13.9. The summed E-state index contributed by atoms with van der Waals surface area (Å²) in [6.45, 7) is 4.95. The van der Waals surface area contributed by atoms with Gasteiger partial charge < -0.3 is 89.1 Å². The lowest BCUT2D eigenvalue weighted by Crippen LogP contribution is -2.54. The predicted molar refractivity (Wildman–Crippen MR) is 406 cm³/mol. The number of fused-ring (bicyclic) bond motifs is 1. The topological polar surface area (TPSA) is 462 Å². The van der Waals surface area contributed by atoms with E-state index in [-0.39, 0.29) is 135 Å². The maximum absolute atomic E-state index is 13.9. The molecule has 2 saturated heterocycles. The van der Waals surface area contributed by atoms with E-state index in [2.05, 4.69) is 64.8 Å². The number of carbonyl (C=O) groups is 11. The summed E-state index contributed by atoms with van der Waals surface area (Å²) in [5.74, 6) is -5.33. The minimum Gasteiger partial charge on any atom is -0.484 e. The number of aromatic nitrogens is 1. The van der Waals surface area contributed by atoms with Crippen LogP contribution in [-0.4, -0.2) is 280 Å². The summed E-state index contributed by atoms with van der Waals surface area (Å²) < 4.78 is 23.5. The SMILES string of the molecule is NC(=O)CN1CCN(CC(N)=O)CCN(CC(N)=O)C(Cc2ccc(NC(=S)NCCCC[C@H](NC(=O)CCOCCOCCOCCNC(=O)COc3ccc4c(C(=O)NCC(=O)N5CCCC5)ccnc4c3)C(=O)N[C@@H](CCCCNC(=O)Cc3ccc(I)cc3)C(=O)O)cc2)CN(CC(N)=O)CC1. The summed E-state index contributed by atoms with van der Waals surface area (Å²) in [6.07, 6.45) is 5.84. The molecule has 1 unspecified atom stereocenters. The van der Waals surface area contributed by atoms with Gasteiger partial charge in [0.1, 0.15) is 17.8 Å². The van der Waals surface area contributed by atoms with E-state index >= 15 is 0 Å². The van der Waals surface area contributed by atoms with Gasteiger partial charge in [-0.1, -0.05) is 24.3 Å². The van der Waals surface area contributed by atoms with E-state index < -0.39 is 59.4 Å². The third kappa shape index (κ3) is 34.2. The van der Waals surface area contributed by atoms with Crippen LogP contribution < -0.4 is 64.9 Å². The minimum absolute atomic E-state index is 0.00598. The van der Waals surface area contributed by atoms with Gasteiger partial charge in [0.25, 0.3) is 11.8 Å². The van der Waals surface area contributed by atoms with Crippen LogP contribution in [0, 0.1) is 3.57 Å². The molecule has 0 bridgehead atoms. The molecule has 3 atom stereocenters.